The molecule has 1 heterocycles. The first-order valence-electron chi connectivity index (χ1n) is 7.64. The van der Waals surface area contributed by atoms with Crippen molar-refractivity contribution < 1.29 is 19.3 Å². The van der Waals surface area contributed by atoms with Gasteiger partial charge in [0.15, 0.2) is 5.71 Å². The van der Waals surface area contributed by atoms with Gasteiger partial charge in [-0.15, -0.1) is 5.06 Å². The van der Waals surface area contributed by atoms with Crippen molar-refractivity contribution >= 4 is 23.6 Å². The van der Waals surface area contributed by atoms with Crippen molar-refractivity contribution in [1.29, 1.82) is 0 Å². The molecule has 0 aliphatic carbocycles. The van der Waals surface area contributed by atoms with Gasteiger partial charge in [0.05, 0.1) is 0 Å². The molecule has 2 aromatic rings. The lowest BCUT2D eigenvalue weighted by atomic mass is 10.0. The maximum Gasteiger partial charge on any atom is 0.307 e. The first kappa shape index (κ1) is 16.6. The maximum absolute atomic E-state index is 12.7. The molecule has 0 radical (unpaired) electrons. The Morgan fingerprint density at radius 2 is 1.88 bits per heavy atom. The summed E-state index contributed by atoms with van der Waals surface area (Å²) in [6.07, 6.45) is 2.90. The zero-order valence-corrected chi connectivity index (χ0v) is 13.6. The molecule has 1 aliphatic heterocycles. The summed E-state index contributed by atoms with van der Waals surface area (Å²) in [5, 5.41) is 4.49. The standard InChI is InChI=1S/C19H16N2O4/c1-24-20-18-16-10-6-5-9-15(16)13-25-21(19(18)23)17(22)12-11-14-7-3-2-4-8-14/h2-12H,13H2,1H3/b12-11?,20-18+. The fourth-order valence-electron chi connectivity index (χ4n) is 2.42. The van der Waals surface area contributed by atoms with E-state index in [2.05, 4.69) is 5.16 Å². The van der Waals surface area contributed by atoms with E-state index >= 15 is 0 Å². The number of hydroxylamine groups is 2. The van der Waals surface area contributed by atoms with E-state index in [1.807, 2.05) is 42.5 Å². The monoisotopic (exact) mass is 336 g/mol. The fourth-order valence-corrected chi connectivity index (χ4v) is 2.42. The van der Waals surface area contributed by atoms with Crippen molar-refractivity contribution in [2.24, 2.45) is 5.16 Å². The lowest BCUT2D eigenvalue weighted by Crippen LogP contribution is -2.39. The van der Waals surface area contributed by atoms with Gasteiger partial charge in [-0.2, -0.15) is 0 Å². The molecular weight excluding hydrogens is 320 g/mol. The molecule has 126 valence electrons. The summed E-state index contributed by atoms with van der Waals surface area (Å²) in [7, 11) is 1.34. The van der Waals surface area contributed by atoms with E-state index in [9.17, 15) is 9.59 Å². The Morgan fingerprint density at radius 1 is 1.16 bits per heavy atom. The zero-order chi connectivity index (χ0) is 17.6. The summed E-state index contributed by atoms with van der Waals surface area (Å²) in [6, 6.07) is 16.4. The quantitative estimate of drug-likeness (QED) is 0.638. The summed E-state index contributed by atoms with van der Waals surface area (Å²) in [5.74, 6) is -1.26. The third kappa shape index (κ3) is 3.64. The lowest BCUT2D eigenvalue weighted by molar-refractivity contribution is -0.189. The molecule has 0 N–H and O–H groups in total. The molecule has 0 bridgehead atoms. The number of oxime groups is 1. The molecule has 2 aromatic carbocycles. The third-order valence-electron chi connectivity index (χ3n) is 3.61. The van der Waals surface area contributed by atoms with Crippen LogP contribution in [-0.2, 0) is 25.9 Å². The highest BCUT2D eigenvalue weighted by atomic mass is 16.7. The molecule has 0 fully saturated rings. The van der Waals surface area contributed by atoms with Crippen LogP contribution in [0.2, 0.25) is 0 Å². The Balaban J connectivity index is 1.88. The van der Waals surface area contributed by atoms with Gasteiger partial charge in [0.1, 0.15) is 13.7 Å². The van der Waals surface area contributed by atoms with Crippen molar-refractivity contribution in [1.82, 2.24) is 5.06 Å². The lowest BCUT2D eigenvalue weighted by Gasteiger charge is -2.15. The van der Waals surface area contributed by atoms with Crippen LogP contribution in [0.5, 0.6) is 0 Å². The van der Waals surface area contributed by atoms with E-state index in [0.29, 0.717) is 10.6 Å². The van der Waals surface area contributed by atoms with Crippen LogP contribution in [0.3, 0.4) is 0 Å². The highest BCUT2D eigenvalue weighted by molar-refractivity contribution is 6.47. The summed E-state index contributed by atoms with van der Waals surface area (Å²) in [6.45, 7) is 0.0789. The van der Waals surface area contributed by atoms with Crippen LogP contribution in [0, 0.1) is 0 Å². The van der Waals surface area contributed by atoms with Crippen LogP contribution >= 0.6 is 0 Å². The van der Waals surface area contributed by atoms with E-state index in [4.69, 9.17) is 9.68 Å². The molecule has 0 aromatic heterocycles. The van der Waals surface area contributed by atoms with Gasteiger partial charge >= 0.3 is 5.91 Å². The molecule has 0 atom stereocenters. The number of imide groups is 1. The van der Waals surface area contributed by atoms with Gasteiger partial charge in [0, 0.05) is 11.6 Å². The van der Waals surface area contributed by atoms with Crippen LogP contribution in [0.25, 0.3) is 6.08 Å². The number of carbonyl (C=O) groups is 2. The molecule has 25 heavy (non-hydrogen) atoms. The number of hydrogen-bond donors (Lipinski definition) is 0. The summed E-state index contributed by atoms with van der Waals surface area (Å²) in [4.78, 5) is 35.3. The van der Waals surface area contributed by atoms with Crippen molar-refractivity contribution in [3.8, 4) is 0 Å². The third-order valence-corrected chi connectivity index (χ3v) is 3.61. The molecule has 3 rings (SSSR count). The van der Waals surface area contributed by atoms with Gasteiger partial charge in [-0.3, -0.25) is 14.4 Å². The number of hydrogen-bond acceptors (Lipinski definition) is 5. The smallest absolute Gasteiger partial charge is 0.307 e. The van der Waals surface area contributed by atoms with E-state index in [-0.39, 0.29) is 12.3 Å². The van der Waals surface area contributed by atoms with Crippen LogP contribution in [0.15, 0.2) is 65.8 Å². The molecule has 6 heteroatoms. The minimum atomic E-state index is -0.672. The summed E-state index contributed by atoms with van der Waals surface area (Å²) in [5.41, 5.74) is 2.19. The first-order valence-corrected chi connectivity index (χ1v) is 7.64. The second kappa shape index (κ2) is 7.55. The van der Waals surface area contributed by atoms with E-state index in [1.54, 1.807) is 18.2 Å². The predicted molar refractivity (Wildman–Crippen MR) is 92.1 cm³/mol. The normalized spacial score (nSPS) is 16.0. The van der Waals surface area contributed by atoms with Crippen LogP contribution < -0.4 is 0 Å². The Bertz CT molecular complexity index is 844. The van der Waals surface area contributed by atoms with Gasteiger partial charge in [-0.1, -0.05) is 59.8 Å². The zero-order valence-electron chi connectivity index (χ0n) is 13.6. The Hall–Kier alpha value is -3.25. The van der Waals surface area contributed by atoms with Crippen LogP contribution in [0.4, 0.5) is 0 Å². The van der Waals surface area contributed by atoms with E-state index in [1.165, 1.54) is 13.2 Å². The molecule has 0 unspecified atom stereocenters. The highest BCUT2D eigenvalue weighted by Gasteiger charge is 2.32. The van der Waals surface area contributed by atoms with Gasteiger partial charge in [-0.05, 0) is 17.2 Å². The van der Waals surface area contributed by atoms with Crippen molar-refractivity contribution in [2.45, 2.75) is 6.61 Å². The Kier molecular flexibility index (Phi) is 5.01. The van der Waals surface area contributed by atoms with E-state index < -0.39 is 11.8 Å². The average molecular weight is 336 g/mol. The van der Waals surface area contributed by atoms with Gasteiger partial charge < -0.3 is 4.84 Å². The molecule has 0 spiro atoms. The highest BCUT2D eigenvalue weighted by Crippen LogP contribution is 2.19. The van der Waals surface area contributed by atoms with Crippen LogP contribution in [0.1, 0.15) is 16.7 Å². The minimum absolute atomic E-state index is 0.0251. The van der Waals surface area contributed by atoms with E-state index in [0.717, 1.165) is 11.1 Å². The van der Waals surface area contributed by atoms with Crippen molar-refractivity contribution in [3.63, 3.8) is 0 Å². The molecule has 2 amide bonds. The van der Waals surface area contributed by atoms with Gasteiger partial charge in [0.25, 0.3) is 5.91 Å². The average Bonchev–Trinajstić information content (AvgIpc) is 2.78. The van der Waals surface area contributed by atoms with Gasteiger partial charge in [-0.25, -0.2) is 0 Å². The molecule has 0 saturated heterocycles. The number of nitrogens with zero attached hydrogens (tertiary/aromatic N) is 2. The van der Waals surface area contributed by atoms with Crippen molar-refractivity contribution in [3.05, 3.63) is 77.4 Å². The van der Waals surface area contributed by atoms with Crippen LogP contribution in [-0.4, -0.2) is 29.7 Å². The number of rotatable bonds is 3. The number of benzene rings is 2. The second-order valence-electron chi connectivity index (χ2n) is 5.23. The largest absolute Gasteiger partial charge is 0.398 e. The van der Waals surface area contributed by atoms with Crippen molar-refractivity contribution in [2.75, 3.05) is 7.11 Å². The minimum Gasteiger partial charge on any atom is -0.398 e. The second-order valence-corrected chi connectivity index (χ2v) is 5.23. The molecule has 6 nitrogen and oxygen atoms in total. The molecular formula is C19H16N2O4. The number of amides is 2. The summed E-state index contributed by atoms with van der Waals surface area (Å²) >= 11 is 0. The molecule has 1 aliphatic rings. The first-order chi connectivity index (χ1) is 12.2. The Morgan fingerprint density at radius 3 is 2.64 bits per heavy atom. The Labute approximate surface area is 144 Å². The summed E-state index contributed by atoms with van der Waals surface area (Å²) < 4.78 is 0. The number of carbonyl (C=O) groups excluding carboxylic acids is 2. The topological polar surface area (TPSA) is 68.2 Å². The predicted octanol–water partition coefficient (Wildman–Crippen LogP) is 2.55. The fraction of sp³-hybridized carbons (Fsp3) is 0.105. The maximum atomic E-state index is 12.7. The van der Waals surface area contributed by atoms with Gasteiger partial charge in [0.2, 0.25) is 0 Å². The number of fused-ring (bicyclic) bond motifs is 1. The SMILES string of the molecule is CO/N=C1/C(=O)N(C(=O)C=Cc2ccccc2)OCc2ccccc21. The molecule has 0 saturated carbocycles.